The molecule has 0 aromatic heterocycles. The smallest absolute Gasteiger partial charge is 0.223 e. The van der Waals surface area contributed by atoms with Crippen LogP contribution >= 0.6 is 0 Å². The van der Waals surface area contributed by atoms with E-state index in [2.05, 4.69) is 10.2 Å². The third kappa shape index (κ3) is 2.16. The molecule has 1 unspecified atom stereocenters. The fourth-order valence-corrected chi connectivity index (χ4v) is 4.88. The first-order valence-electron chi connectivity index (χ1n) is 7.29. The molecule has 0 aliphatic heterocycles. The highest BCUT2D eigenvalue weighted by Gasteiger charge is 2.50. The summed E-state index contributed by atoms with van der Waals surface area (Å²) in [5.74, 6) is 8.68. The molecule has 4 saturated carbocycles. The Labute approximate surface area is 109 Å². The number of carbonyl (C=O) groups excluding carboxylic acids is 1. The van der Waals surface area contributed by atoms with Crippen molar-refractivity contribution in [1.29, 1.82) is 0 Å². The summed E-state index contributed by atoms with van der Waals surface area (Å²) in [7, 11) is 0. The molecule has 3 N–H and O–H groups in total. The molecule has 4 aliphatic carbocycles. The second-order valence-corrected chi connectivity index (χ2v) is 6.70. The van der Waals surface area contributed by atoms with Crippen LogP contribution in [-0.4, -0.2) is 18.6 Å². The van der Waals surface area contributed by atoms with E-state index in [1.54, 1.807) is 0 Å². The molecule has 1 amide bonds. The van der Waals surface area contributed by atoms with Crippen LogP contribution in [0.3, 0.4) is 0 Å². The van der Waals surface area contributed by atoms with E-state index in [0.29, 0.717) is 18.4 Å². The lowest BCUT2D eigenvalue weighted by Crippen LogP contribution is -2.52. The van der Waals surface area contributed by atoms with Gasteiger partial charge in [0.15, 0.2) is 0 Å². The van der Waals surface area contributed by atoms with Gasteiger partial charge in [0.1, 0.15) is 0 Å². The molecule has 0 aromatic rings. The number of hydrogen-bond donors (Lipinski definition) is 2. The van der Waals surface area contributed by atoms with Gasteiger partial charge in [-0.15, -0.1) is 0 Å². The van der Waals surface area contributed by atoms with Gasteiger partial charge in [-0.05, 0) is 62.7 Å². The Kier molecular flexibility index (Phi) is 3.32. The lowest BCUT2D eigenvalue weighted by atomic mass is 9.51. The van der Waals surface area contributed by atoms with Crippen LogP contribution in [0.2, 0.25) is 0 Å². The zero-order chi connectivity index (χ0) is 12.7. The van der Waals surface area contributed by atoms with Gasteiger partial charge in [-0.2, -0.15) is 0 Å². The van der Waals surface area contributed by atoms with Crippen molar-refractivity contribution >= 4 is 5.91 Å². The predicted octanol–water partition coefficient (Wildman–Crippen LogP) is 1.45. The van der Waals surface area contributed by atoms with Gasteiger partial charge in [-0.25, -0.2) is 5.90 Å². The quantitative estimate of drug-likeness (QED) is 0.744. The SMILES string of the molecule is CC(CON)NC(=O)C1C2CC3CC(C2)CC1C3. The highest BCUT2D eigenvalue weighted by Crippen LogP contribution is 2.56. The average molecular weight is 252 g/mol. The maximum absolute atomic E-state index is 12.4. The van der Waals surface area contributed by atoms with E-state index in [1.807, 2.05) is 6.92 Å². The van der Waals surface area contributed by atoms with Gasteiger partial charge in [0.25, 0.3) is 0 Å². The van der Waals surface area contributed by atoms with Gasteiger partial charge >= 0.3 is 0 Å². The molecule has 0 saturated heterocycles. The van der Waals surface area contributed by atoms with E-state index in [4.69, 9.17) is 5.90 Å². The molecular formula is C14H24N2O2. The molecular weight excluding hydrogens is 228 g/mol. The fourth-order valence-electron chi connectivity index (χ4n) is 4.88. The summed E-state index contributed by atoms with van der Waals surface area (Å²) in [5.41, 5.74) is 0. The summed E-state index contributed by atoms with van der Waals surface area (Å²) in [4.78, 5) is 17.0. The molecule has 4 fully saturated rings. The summed E-state index contributed by atoms with van der Waals surface area (Å²) in [6.07, 6.45) is 6.57. The molecule has 0 aromatic carbocycles. The third-order valence-electron chi connectivity index (χ3n) is 5.26. The summed E-state index contributed by atoms with van der Waals surface area (Å²) in [6, 6.07) is 0.0136. The second kappa shape index (κ2) is 4.82. The summed E-state index contributed by atoms with van der Waals surface area (Å²) >= 11 is 0. The van der Waals surface area contributed by atoms with Crippen LogP contribution in [0.25, 0.3) is 0 Å². The Balaban J connectivity index is 1.64. The van der Waals surface area contributed by atoms with Crippen molar-refractivity contribution in [2.24, 2.45) is 35.5 Å². The summed E-state index contributed by atoms with van der Waals surface area (Å²) in [6.45, 7) is 2.33. The van der Waals surface area contributed by atoms with E-state index in [-0.39, 0.29) is 17.9 Å². The van der Waals surface area contributed by atoms with Crippen LogP contribution in [0.4, 0.5) is 0 Å². The van der Waals surface area contributed by atoms with Gasteiger partial charge in [0.05, 0.1) is 12.6 Å². The first-order chi connectivity index (χ1) is 8.67. The molecule has 4 aliphatic rings. The van der Waals surface area contributed by atoms with Gasteiger partial charge in [0.2, 0.25) is 5.91 Å². The minimum atomic E-state index is 0.0136. The Hall–Kier alpha value is -0.610. The normalized spacial score (nSPS) is 42.9. The van der Waals surface area contributed by atoms with Crippen molar-refractivity contribution < 1.29 is 9.63 Å². The third-order valence-corrected chi connectivity index (χ3v) is 5.26. The highest BCUT2D eigenvalue weighted by molar-refractivity contribution is 5.80. The first kappa shape index (κ1) is 12.4. The van der Waals surface area contributed by atoms with Crippen molar-refractivity contribution in [3.8, 4) is 0 Å². The van der Waals surface area contributed by atoms with Crippen molar-refractivity contribution in [3.63, 3.8) is 0 Å². The molecule has 4 heteroatoms. The van der Waals surface area contributed by atoms with Gasteiger partial charge < -0.3 is 10.2 Å². The van der Waals surface area contributed by atoms with E-state index in [9.17, 15) is 4.79 Å². The van der Waals surface area contributed by atoms with Crippen LogP contribution in [0.5, 0.6) is 0 Å². The van der Waals surface area contributed by atoms with E-state index in [1.165, 1.54) is 32.1 Å². The zero-order valence-electron chi connectivity index (χ0n) is 11.1. The fraction of sp³-hybridized carbons (Fsp3) is 0.929. The van der Waals surface area contributed by atoms with Crippen molar-refractivity contribution in [1.82, 2.24) is 5.32 Å². The monoisotopic (exact) mass is 252 g/mol. The highest BCUT2D eigenvalue weighted by atomic mass is 16.6. The average Bonchev–Trinajstić information content (AvgIpc) is 2.27. The molecule has 102 valence electrons. The van der Waals surface area contributed by atoms with Gasteiger partial charge in [-0.1, -0.05) is 0 Å². The Morgan fingerprint density at radius 3 is 2.28 bits per heavy atom. The first-order valence-corrected chi connectivity index (χ1v) is 7.29. The van der Waals surface area contributed by atoms with Crippen LogP contribution in [0, 0.1) is 29.6 Å². The number of amides is 1. The number of nitrogens with one attached hydrogen (secondary N) is 1. The molecule has 0 spiro atoms. The van der Waals surface area contributed by atoms with Crippen molar-refractivity contribution in [2.45, 2.75) is 45.1 Å². The number of nitrogens with two attached hydrogens (primary N) is 1. The summed E-state index contributed by atoms with van der Waals surface area (Å²) < 4.78 is 0. The molecule has 0 heterocycles. The number of carbonyl (C=O) groups is 1. The standard InChI is InChI=1S/C14H24N2O2/c1-8(7-18-15)16-14(17)13-11-3-9-2-10(5-11)6-12(13)4-9/h8-13H,2-7,15H2,1H3,(H,16,17). The van der Waals surface area contributed by atoms with E-state index < -0.39 is 0 Å². The van der Waals surface area contributed by atoms with Crippen LogP contribution in [-0.2, 0) is 9.63 Å². The van der Waals surface area contributed by atoms with E-state index >= 15 is 0 Å². The Bertz CT molecular complexity index is 304. The summed E-state index contributed by atoms with van der Waals surface area (Å²) in [5, 5.41) is 3.06. The van der Waals surface area contributed by atoms with E-state index in [0.717, 1.165) is 11.8 Å². The minimum absolute atomic E-state index is 0.0136. The lowest BCUT2D eigenvalue weighted by molar-refractivity contribution is -0.139. The van der Waals surface area contributed by atoms with Crippen LogP contribution in [0.1, 0.15) is 39.0 Å². The molecule has 4 rings (SSSR count). The predicted molar refractivity (Wildman–Crippen MR) is 68.3 cm³/mol. The van der Waals surface area contributed by atoms with Gasteiger partial charge in [0, 0.05) is 5.92 Å². The molecule has 1 atom stereocenters. The molecule has 4 bridgehead atoms. The zero-order valence-corrected chi connectivity index (χ0v) is 11.1. The van der Waals surface area contributed by atoms with Crippen LogP contribution in [0.15, 0.2) is 0 Å². The van der Waals surface area contributed by atoms with Crippen molar-refractivity contribution in [2.75, 3.05) is 6.61 Å². The second-order valence-electron chi connectivity index (χ2n) is 6.70. The Morgan fingerprint density at radius 2 is 1.78 bits per heavy atom. The Morgan fingerprint density at radius 1 is 1.22 bits per heavy atom. The molecule has 0 radical (unpaired) electrons. The van der Waals surface area contributed by atoms with Crippen molar-refractivity contribution in [3.05, 3.63) is 0 Å². The molecule has 18 heavy (non-hydrogen) atoms. The largest absolute Gasteiger partial charge is 0.351 e. The number of rotatable bonds is 4. The maximum Gasteiger partial charge on any atom is 0.223 e. The van der Waals surface area contributed by atoms with Gasteiger partial charge in [-0.3, -0.25) is 4.79 Å². The lowest BCUT2D eigenvalue weighted by Gasteiger charge is -2.53. The number of hydrogen-bond acceptors (Lipinski definition) is 3. The molecule has 4 nitrogen and oxygen atoms in total. The van der Waals surface area contributed by atoms with Crippen LogP contribution < -0.4 is 11.2 Å². The maximum atomic E-state index is 12.4. The topological polar surface area (TPSA) is 64.3 Å². The minimum Gasteiger partial charge on any atom is -0.351 e.